The van der Waals surface area contributed by atoms with Crippen molar-refractivity contribution in [1.29, 1.82) is 0 Å². The summed E-state index contributed by atoms with van der Waals surface area (Å²) in [5.74, 6) is 0.206. The van der Waals surface area contributed by atoms with Gasteiger partial charge < -0.3 is 9.72 Å². The van der Waals surface area contributed by atoms with Crippen molar-refractivity contribution in [2.24, 2.45) is 0 Å². The number of aromatic amines is 2. The van der Waals surface area contributed by atoms with E-state index in [9.17, 15) is 4.79 Å². The number of hydrogen-bond acceptors (Lipinski definition) is 4. The zero-order valence-electron chi connectivity index (χ0n) is 8.27. The maximum atomic E-state index is 11.4. The minimum atomic E-state index is -0.340. The van der Waals surface area contributed by atoms with E-state index < -0.39 is 0 Å². The first kappa shape index (κ1) is 10.6. The predicted octanol–water partition coefficient (Wildman–Crippen LogP) is 1.41. The van der Waals surface area contributed by atoms with Gasteiger partial charge in [-0.05, 0) is 18.3 Å². The van der Waals surface area contributed by atoms with Crippen LogP contribution in [0.15, 0.2) is 35.5 Å². The molecule has 6 heteroatoms. The second kappa shape index (κ2) is 4.71. The molecule has 0 saturated heterocycles. The molecular formula is C10H9N3O2S. The van der Waals surface area contributed by atoms with E-state index in [1.165, 1.54) is 6.20 Å². The summed E-state index contributed by atoms with van der Waals surface area (Å²) in [6.07, 6.45) is 4.80. The van der Waals surface area contributed by atoms with Crippen molar-refractivity contribution >= 4 is 12.2 Å². The highest BCUT2D eigenvalue weighted by Crippen LogP contribution is 2.03. The average molecular weight is 235 g/mol. The fraction of sp³-hybridized carbons (Fsp3) is 0.100. The molecule has 0 fully saturated rings. The summed E-state index contributed by atoms with van der Waals surface area (Å²) in [7, 11) is 0. The van der Waals surface area contributed by atoms with Crippen LogP contribution in [0.1, 0.15) is 5.56 Å². The number of H-pyrrole nitrogens is 2. The fourth-order valence-electron chi connectivity index (χ4n) is 1.15. The Morgan fingerprint density at radius 1 is 1.50 bits per heavy atom. The lowest BCUT2D eigenvalue weighted by molar-refractivity contribution is 0.299. The monoisotopic (exact) mass is 235 g/mol. The van der Waals surface area contributed by atoms with Crippen molar-refractivity contribution in [3.05, 3.63) is 51.4 Å². The first-order chi connectivity index (χ1) is 7.75. The summed E-state index contributed by atoms with van der Waals surface area (Å²) in [4.78, 5) is 20.5. The maximum Gasteiger partial charge on any atom is 0.294 e. The van der Waals surface area contributed by atoms with Crippen molar-refractivity contribution in [3.8, 4) is 5.75 Å². The summed E-state index contributed by atoms with van der Waals surface area (Å²) >= 11 is 4.76. The summed E-state index contributed by atoms with van der Waals surface area (Å²) in [6.45, 7) is 0.293. The van der Waals surface area contributed by atoms with Crippen molar-refractivity contribution in [3.63, 3.8) is 0 Å². The van der Waals surface area contributed by atoms with Crippen LogP contribution in [0, 0.1) is 4.77 Å². The van der Waals surface area contributed by atoms with E-state index in [4.69, 9.17) is 17.0 Å². The molecule has 0 aromatic carbocycles. The SMILES string of the molecule is O=c1[nH]c(=S)[nH]cc1OCc1cccnc1. The Balaban J connectivity index is 2.11. The van der Waals surface area contributed by atoms with E-state index in [2.05, 4.69) is 15.0 Å². The molecule has 0 atom stereocenters. The molecule has 0 saturated carbocycles. The van der Waals surface area contributed by atoms with Gasteiger partial charge in [-0.1, -0.05) is 6.07 Å². The molecule has 0 spiro atoms. The Bertz CT molecular complexity index is 576. The number of pyridine rings is 1. The molecule has 2 heterocycles. The van der Waals surface area contributed by atoms with Gasteiger partial charge in [0.05, 0.1) is 6.20 Å². The largest absolute Gasteiger partial charge is 0.482 e. The van der Waals surface area contributed by atoms with Gasteiger partial charge in [-0.2, -0.15) is 0 Å². The molecule has 0 aliphatic carbocycles. The van der Waals surface area contributed by atoms with Crippen LogP contribution < -0.4 is 10.3 Å². The topological polar surface area (TPSA) is 70.8 Å². The highest BCUT2D eigenvalue weighted by atomic mass is 32.1. The second-order valence-corrected chi connectivity index (χ2v) is 3.49. The first-order valence-electron chi connectivity index (χ1n) is 4.59. The molecule has 82 valence electrons. The maximum absolute atomic E-state index is 11.4. The van der Waals surface area contributed by atoms with Gasteiger partial charge >= 0.3 is 0 Å². The Labute approximate surface area is 96.1 Å². The lowest BCUT2D eigenvalue weighted by Crippen LogP contribution is -2.11. The van der Waals surface area contributed by atoms with Gasteiger partial charge in [-0.3, -0.25) is 14.8 Å². The van der Waals surface area contributed by atoms with Gasteiger partial charge in [-0.25, -0.2) is 0 Å². The number of ether oxygens (including phenoxy) is 1. The number of rotatable bonds is 3. The van der Waals surface area contributed by atoms with E-state index in [1.54, 1.807) is 18.5 Å². The lowest BCUT2D eigenvalue weighted by atomic mass is 10.3. The zero-order valence-corrected chi connectivity index (χ0v) is 9.08. The number of nitrogens with zero attached hydrogens (tertiary/aromatic N) is 1. The molecule has 2 aromatic heterocycles. The van der Waals surface area contributed by atoms with Gasteiger partial charge in [0.25, 0.3) is 5.56 Å². The third kappa shape index (κ3) is 2.54. The van der Waals surface area contributed by atoms with Crippen molar-refractivity contribution < 1.29 is 4.74 Å². The molecule has 5 nitrogen and oxygen atoms in total. The molecule has 2 rings (SSSR count). The van der Waals surface area contributed by atoms with Crippen LogP contribution in [0.5, 0.6) is 5.75 Å². The minimum absolute atomic E-state index is 0.206. The van der Waals surface area contributed by atoms with Crippen LogP contribution >= 0.6 is 12.2 Å². The Morgan fingerprint density at radius 3 is 3.06 bits per heavy atom. The van der Waals surface area contributed by atoms with E-state index in [0.29, 0.717) is 6.61 Å². The third-order valence-electron chi connectivity index (χ3n) is 1.90. The standard InChI is InChI=1S/C10H9N3O2S/c14-9-8(5-12-10(16)13-9)15-6-7-2-1-3-11-4-7/h1-5H,6H2,(H2,12,13,14,16). The second-order valence-electron chi connectivity index (χ2n) is 3.09. The highest BCUT2D eigenvalue weighted by molar-refractivity contribution is 7.71. The molecule has 0 aliphatic rings. The summed E-state index contributed by atoms with van der Waals surface area (Å²) in [5, 5.41) is 0. The van der Waals surface area contributed by atoms with Crippen molar-refractivity contribution in [2.45, 2.75) is 6.61 Å². The van der Waals surface area contributed by atoms with Crippen LogP contribution in [0.2, 0.25) is 0 Å². The molecule has 0 amide bonds. The lowest BCUT2D eigenvalue weighted by Gasteiger charge is -2.03. The fourth-order valence-corrected chi connectivity index (χ4v) is 1.30. The number of aromatic nitrogens is 3. The van der Waals surface area contributed by atoms with Crippen molar-refractivity contribution in [2.75, 3.05) is 0 Å². The van der Waals surface area contributed by atoms with Crippen molar-refractivity contribution in [1.82, 2.24) is 15.0 Å². The van der Waals surface area contributed by atoms with E-state index in [-0.39, 0.29) is 16.1 Å². The summed E-state index contributed by atoms with van der Waals surface area (Å²) < 4.78 is 5.59. The van der Waals surface area contributed by atoms with Gasteiger partial charge in [0.15, 0.2) is 4.77 Å². The highest BCUT2D eigenvalue weighted by Gasteiger charge is 2.00. The molecule has 16 heavy (non-hydrogen) atoms. The molecule has 2 N–H and O–H groups in total. The smallest absolute Gasteiger partial charge is 0.294 e. The molecule has 0 aliphatic heterocycles. The van der Waals surface area contributed by atoms with Gasteiger partial charge in [0.1, 0.15) is 6.61 Å². The first-order valence-corrected chi connectivity index (χ1v) is 5.00. The molecule has 0 unspecified atom stereocenters. The third-order valence-corrected chi connectivity index (χ3v) is 2.12. The van der Waals surface area contributed by atoms with Crippen LogP contribution in [0.3, 0.4) is 0 Å². The van der Waals surface area contributed by atoms with Gasteiger partial charge in [0.2, 0.25) is 5.75 Å². The Kier molecular flexibility index (Phi) is 3.11. The summed E-state index contributed by atoms with van der Waals surface area (Å²) in [6, 6.07) is 3.67. The number of hydrogen-bond donors (Lipinski definition) is 2. The average Bonchev–Trinajstić information content (AvgIpc) is 2.29. The van der Waals surface area contributed by atoms with Crippen LogP contribution in [0.25, 0.3) is 0 Å². The van der Waals surface area contributed by atoms with E-state index >= 15 is 0 Å². The summed E-state index contributed by atoms with van der Waals surface area (Å²) in [5.41, 5.74) is 0.553. The van der Waals surface area contributed by atoms with Crippen LogP contribution in [-0.2, 0) is 6.61 Å². The Morgan fingerprint density at radius 2 is 2.38 bits per heavy atom. The molecule has 2 aromatic rings. The van der Waals surface area contributed by atoms with Crippen LogP contribution in [0.4, 0.5) is 0 Å². The normalized spacial score (nSPS) is 10.0. The predicted molar refractivity (Wildman–Crippen MR) is 60.8 cm³/mol. The molecule has 0 bridgehead atoms. The quantitative estimate of drug-likeness (QED) is 0.789. The molecular weight excluding hydrogens is 226 g/mol. The van der Waals surface area contributed by atoms with Crippen LogP contribution in [-0.4, -0.2) is 15.0 Å². The minimum Gasteiger partial charge on any atom is -0.482 e. The van der Waals surface area contributed by atoms with E-state index in [1.807, 2.05) is 6.07 Å². The number of nitrogens with one attached hydrogen (secondary N) is 2. The molecule has 0 radical (unpaired) electrons. The van der Waals surface area contributed by atoms with Gasteiger partial charge in [0, 0.05) is 18.0 Å². The Hall–Kier alpha value is -1.95. The zero-order chi connectivity index (χ0) is 11.4. The van der Waals surface area contributed by atoms with Gasteiger partial charge in [-0.15, -0.1) is 0 Å². The van der Waals surface area contributed by atoms with E-state index in [0.717, 1.165) is 5.56 Å².